The van der Waals surface area contributed by atoms with Crippen molar-refractivity contribution in [1.82, 2.24) is 15.6 Å². The second-order valence-corrected chi connectivity index (χ2v) is 7.01. The van der Waals surface area contributed by atoms with Crippen LogP contribution in [0, 0.1) is 5.41 Å². The average molecular weight is 397 g/mol. The highest BCUT2D eigenvalue weighted by Gasteiger charge is 2.39. The number of hydrogen-bond donors (Lipinski definition) is 3. The maximum Gasteiger partial charge on any atom is 0.340 e. The molecule has 0 bridgehead atoms. The molecule has 27 heavy (non-hydrogen) atoms. The topological polar surface area (TPSA) is 107 Å². The zero-order valence-corrected chi connectivity index (χ0v) is 16.8. The first kappa shape index (κ1) is 22.9. The number of carbonyl (C=O) groups is 3. The molecule has 9 heteroatoms. The number of nitrogens with zero attached hydrogens (tertiary/aromatic N) is 1. The molecule has 0 fully saturated rings. The zero-order valence-electron chi connectivity index (χ0n) is 15.9. The van der Waals surface area contributed by atoms with Crippen LogP contribution in [0.2, 0.25) is 0 Å². The summed E-state index contributed by atoms with van der Waals surface area (Å²) >= 11 is 4.01. The van der Waals surface area contributed by atoms with Gasteiger partial charge in [0.05, 0.1) is 12.2 Å². The summed E-state index contributed by atoms with van der Waals surface area (Å²) in [5, 5.41) is 5.30. The van der Waals surface area contributed by atoms with Gasteiger partial charge in [-0.3, -0.25) is 14.6 Å². The lowest BCUT2D eigenvalue weighted by molar-refractivity contribution is -0.138. The SMILES string of the molecule is COCC(C)(C)[C@@H](OC(=O)c1cccnc1)C(=O)NCCC(=O)NCCS. The maximum atomic E-state index is 12.6. The fourth-order valence-corrected chi connectivity index (χ4v) is 2.46. The molecule has 0 aliphatic carbocycles. The van der Waals surface area contributed by atoms with Crippen LogP contribution in [0.25, 0.3) is 0 Å². The first-order valence-electron chi connectivity index (χ1n) is 8.57. The zero-order chi connectivity index (χ0) is 20.3. The molecule has 0 unspecified atom stereocenters. The van der Waals surface area contributed by atoms with Gasteiger partial charge in [0.15, 0.2) is 6.10 Å². The Kier molecular flexibility index (Phi) is 9.81. The highest BCUT2D eigenvalue weighted by molar-refractivity contribution is 7.80. The largest absolute Gasteiger partial charge is 0.448 e. The first-order valence-corrected chi connectivity index (χ1v) is 9.20. The van der Waals surface area contributed by atoms with Crippen molar-refractivity contribution in [1.29, 1.82) is 0 Å². The number of rotatable bonds is 11. The Labute approximate surface area is 164 Å². The number of carbonyl (C=O) groups excluding carboxylic acids is 3. The van der Waals surface area contributed by atoms with Crippen molar-refractivity contribution >= 4 is 30.4 Å². The van der Waals surface area contributed by atoms with Crippen LogP contribution in [0.5, 0.6) is 0 Å². The molecule has 0 saturated heterocycles. The van der Waals surface area contributed by atoms with Gasteiger partial charge in [0.25, 0.3) is 5.91 Å². The van der Waals surface area contributed by atoms with Crippen LogP contribution in [0.1, 0.15) is 30.6 Å². The van der Waals surface area contributed by atoms with Crippen molar-refractivity contribution in [2.24, 2.45) is 5.41 Å². The summed E-state index contributed by atoms with van der Waals surface area (Å²) < 4.78 is 10.6. The predicted octanol–water partition coefficient (Wildman–Crippen LogP) is 0.832. The van der Waals surface area contributed by atoms with E-state index in [1.165, 1.54) is 19.5 Å². The van der Waals surface area contributed by atoms with E-state index in [-0.39, 0.29) is 31.0 Å². The Morgan fingerprint density at radius 3 is 2.59 bits per heavy atom. The summed E-state index contributed by atoms with van der Waals surface area (Å²) in [5.74, 6) is -0.796. The van der Waals surface area contributed by atoms with Crippen LogP contribution in [-0.2, 0) is 19.1 Å². The Bertz CT molecular complexity index is 625. The molecule has 0 spiro atoms. The van der Waals surface area contributed by atoms with Crippen molar-refractivity contribution in [2.75, 3.05) is 32.6 Å². The Morgan fingerprint density at radius 2 is 2.00 bits per heavy atom. The molecule has 1 aromatic heterocycles. The normalized spacial score (nSPS) is 12.1. The summed E-state index contributed by atoms with van der Waals surface area (Å²) in [6.07, 6.45) is 1.93. The number of esters is 1. The van der Waals surface area contributed by atoms with E-state index in [9.17, 15) is 14.4 Å². The van der Waals surface area contributed by atoms with E-state index in [0.29, 0.717) is 12.3 Å². The van der Waals surface area contributed by atoms with Gasteiger partial charge in [0, 0.05) is 50.2 Å². The molecule has 2 amide bonds. The third kappa shape index (κ3) is 7.96. The fourth-order valence-electron chi connectivity index (χ4n) is 2.35. The van der Waals surface area contributed by atoms with Gasteiger partial charge in [-0.05, 0) is 12.1 Å². The van der Waals surface area contributed by atoms with Gasteiger partial charge in [-0.25, -0.2) is 4.79 Å². The van der Waals surface area contributed by atoms with E-state index in [2.05, 4.69) is 28.2 Å². The van der Waals surface area contributed by atoms with E-state index in [4.69, 9.17) is 9.47 Å². The van der Waals surface area contributed by atoms with Crippen LogP contribution >= 0.6 is 12.6 Å². The number of hydrogen-bond acceptors (Lipinski definition) is 7. The van der Waals surface area contributed by atoms with Gasteiger partial charge in [-0.15, -0.1) is 0 Å². The van der Waals surface area contributed by atoms with Gasteiger partial charge < -0.3 is 20.1 Å². The minimum absolute atomic E-state index is 0.119. The van der Waals surface area contributed by atoms with Crippen LogP contribution in [0.3, 0.4) is 0 Å². The minimum atomic E-state index is -1.09. The van der Waals surface area contributed by atoms with Crippen LogP contribution in [-0.4, -0.2) is 61.4 Å². The Balaban J connectivity index is 2.75. The van der Waals surface area contributed by atoms with Crippen LogP contribution in [0.15, 0.2) is 24.5 Å². The van der Waals surface area contributed by atoms with Crippen molar-refractivity contribution in [2.45, 2.75) is 26.4 Å². The monoisotopic (exact) mass is 397 g/mol. The average Bonchev–Trinajstić information content (AvgIpc) is 2.64. The minimum Gasteiger partial charge on any atom is -0.448 e. The van der Waals surface area contributed by atoms with Gasteiger partial charge in [0.1, 0.15) is 0 Å². The maximum absolute atomic E-state index is 12.6. The predicted molar refractivity (Wildman–Crippen MR) is 104 cm³/mol. The van der Waals surface area contributed by atoms with Gasteiger partial charge in [-0.2, -0.15) is 12.6 Å². The number of nitrogens with one attached hydrogen (secondary N) is 2. The lowest BCUT2D eigenvalue weighted by Gasteiger charge is -2.32. The molecule has 0 aliphatic rings. The molecule has 0 saturated carbocycles. The van der Waals surface area contributed by atoms with Crippen molar-refractivity contribution in [3.63, 3.8) is 0 Å². The molecular weight excluding hydrogens is 370 g/mol. The Hall–Kier alpha value is -2.13. The van der Waals surface area contributed by atoms with E-state index < -0.39 is 23.4 Å². The van der Waals surface area contributed by atoms with Gasteiger partial charge >= 0.3 is 5.97 Å². The standard InChI is InChI=1S/C18H27N3O5S/c1-18(2,12-25-3)15(26-17(24)13-5-4-7-19-11-13)16(23)21-8-6-14(22)20-9-10-27/h4-5,7,11,15,27H,6,8-10,12H2,1-3H3,(H,20,22)(H,21,23)/t15-/m0/s1. The van der Waals surface area contributed by atoms with Crippen molar-refractivity contribution in [3.05, 3.63) is 30.1 Å². The molecule has 150 valence electrons. The van der Waals surface area contributed by atoms with E-state index in [1.807, 2.05) is 0 Å². The van der Waals surface area contributed by atoms with E-state index >= 15 is 0 Å². The highest BCUT2D eigenvalue weighted by atomic mass is 32.1. The van der Waals surface area contributed by atoms with Crippen molar-refractivity contribution < 1.29 is 23.9 Å². The molecule has 0 aliphatic heterocycles. The molecule has 8 nitrogen and oxygen atoms in total. The molecule has 1 aromatic rings. The lowest BCUT2D eigenvalue weighted by atomic mass is 9.86. The summed E-state index contributed by atoms with van der Waals surface area (Å²) in [5.41, 5.74) is -0.528. The van der Waals surface area contributed by atoms with Crippen molar-refractivity contribution in [3.8, 4) is 0 Å². The number of thiol groups is 1. The number of pyridine rings is 1. The molecule has 1 atom stereocenters. The molecule has 1 heterocycles. The van der Waals surface area contributed by atoms with Crippen LogP contribution < -0.4 is 10.6 Å². The molecule has 2 N–H and O–H groups in total. The van der Waals surface area contributed by atoms with E-state index in [0.717, 1.165) is 0 Å². The third-order valence-electron chi connectivity index (χ3n) is 3.67. The summed E-state index contributed by atoms with van der Waals surface area (Å²) in [7, 11) is 1.51. The lowest BCUT2D eigenvalue weighted by Crippen LogP contribution is -2.49. The second-order valence-electron chi connectivity index (χ2n) is 6.56. The highest BCUT2D eigenvalue weighted by Crippen LogP contribution is 2.25. The summed E-state index contributed by atoms with van der Waals surface area (Å²) in [6.45, 7) is 4.31. The Morgan fingerprint density at radius 1 is 1.26 bits per heavy atom. The molecular formula is C18H27N3O5S. The van der Waals surface area contributed by atoms with Gasteiger partial charge in [0.2, 0.25) is 5.91 Å². The third-order valence-corrected chi connectivity index (χ3v) is 3.90. The molecule has 0 aromatic carbocycles. The summed E-state index contributed by atoms with van der Waals surface area (Å²) in [4.78, 5) is 40.5. The first-order chi connectivity index (χ1) is 12.8. The van der Waals surface area contributed by atoms with Crippen LogP contribution in [0.4, 0.5) is 0 Å². The number of methoxy groups -OCH3 is 1. The van der Waals surface area contributed by atoms with E-state index in [1.54, 1.807) is 26.0 Å². The quantitative estimate of drug-likeness (QED) is 0.377. The summed E-state index contributed by atoms with van der Waals surface area (Å²) in [6, 6.07) is 3.16. The molecule has 0 radical (unpaired) electrons. The fraction of sp³-hybridized carbons (Fsp3) is 0.556. The smallest absolute Gasteiger partial charge is 0.340 e. The number of ether oxygens (including phenoxy) is 2. The van der Waals surface area contributed by atoms with Gasteiger partial charge in [-0.1, -0.05) is 13.8 Å². The number of amides is 2. The second kappa shape index (κ2) is 11.6. The molecule has 1 rings (SSSR count). The number of aromatic nitrogens is 1.